The largest absolute Gasteiger partial charge is 0.376 e. The summed E-state index contributed by atoms with van der Waals surface area (Å²) in [6, 6.07) is 13.7. The fraction of sp³-hybridized carbons (Fsp3) is 0.312. The first-order chi connectivity index (χ1) is 9.83. The van der Waals surface area contributed by atoms with Gasteiger partial charge in [0.25, 0.3) is 0 Å². The highest BCUT2D eigenvalue weighted by Gasteiger charge is 2.16. The summed E-state index contributed by atoms with van der Waals surface area (Å²) in [7, 11) is 0. The topological polar surface area (TPSA) is 50.4 Å². The van der Waals surface area contributed by atoms with E-state index in [1.807, 2.05) is 42.5 Å². The molecule has 1 saturated heterocycles. The van der Waals surface area contributed by atoms with Gasteiger partial charge in [-0.2, -0.15) is 0 Å². The van der Waals surface area contributed by atoms with Crippen LogP contribution >= 0.6 is 0 Å². The lowest BCUT2D eigenvalue weighted by molar-refractivity contribution is 0.112. The summed E-state index contributed by atoms with van der Waals surface area (Å²) in [5.74, 6) is 0. The van der Waals surface area contributed by atoms with E-state index in [-0.39, 0.29) is 12.1 Å². The van der Waals surface area contributed by atoms with Gasteiger partial charge >= 0.3 is 6.03 Å². The predicted octanol–water partition coefficient (Wildman–Crippen LogP) is 3.14. The number of carbonyl (C=O) groups is 1. The number of carbonyl (C=O) groups excluding carboxylic acids is 1. The average Bonchev–Trinajstić information content (AvgIpc) is 2.99. The Hall–Kier alpha value is -2.07. The molecule has 2 N–H and O–H groups in total. The molecule has 1 fully saturated rings. The Balaban J connectivity index is 1.65. The molecule has 2 aromatic rings. The van der Waals surface area contributed by atoms with Crippen LogP contribution < -0.4 is 10.6 Å². The van der Waals surface area contributed by atoms with Gasteiger partial charge in [0, 0.05) is 18.5 Å². The highest BCUT2D eigenvalue weighted by molar-refractivity contribution is 6.01. The van der Waals surface area contributed by atoms with Crippen molar-refractivity contribution >= 4 is 22.5 Å². The molecule has 0 aromatic heterocycles. The van der Waals surface area contributed by atoms with Crippen LogP contribution in [-0.4, -0.2) is 25.3 Å². The van der Waals surface area contributed by atoms with Crippen LogP contribution in [0, 0.1) is 0 Å². The Morgan fingerprint density at radius 2 is 2.05 bits per heavy atom. The number of hydrogen-bond acceptors (Lipinski definition) is 2. The lowest BCUT2D eigenvalue weighted by Gasteiger charge is -2.13. The first-order valence-corrected chi connectivity index (χ1v) is 6.97. The van der Waals surface area contributed by atoms with E-state index < -0.39 is 0 Å². The molecule has 1 heterocycles. The maximum Gasteiger partial charge on any atom is 0.319 e. The van der Waals surface area contributed by atoms with Gasteiger partial charge in [0.1, 0.15) is 0 Å². The van der Waals surface area contributed by atoms with E-state index in [9.17, 15) is 4.79 Å². The van der Waals surface area contributed by atoms with Crippen LogP contribution in [-0.2, 0) is 4.74 Å². The molecule has 1 aliphatic rings. The van der Waals surface area contributed by atoms with Crippen LogP contribution in [0.2, 0.25) is 0 Å². The first kappa shape index (κ1) is 12.9. The molecule has 1 atom stereocenters. The van der Waals surface area contributed by atoms with E-state index in [1.165, 1.54) is 0 Å². The molecule has 4 nitrogen and oxygen atoms in total. The molecule has 4 heteroatoms. The predicted molar refractivity (Wildman–Crippen MR) is 79.9 cm³/mol. The Morgan fingerprint density at radius 3 is 2.90 bits per heavy atom. The number of nitrogens with one attached hydrogen (secondary N) is 2. The Bertz CT molecular complexity index is 601. The maximum atomic E-state index is 11.9. The maximum absolute atomic E-state index is 11.9. The fourth-order valence-corrected chi connectivity index (χ4v) is 2.51. The molecule has 104 valence electrons. The van der Waals surface area contributed by atoms with Crippen molar-refractivity contribution in [2.45, 2.75) is 18.9 Å². The number of anilines is 1. The van der Waals surface area contributed by atoms with Crippen molar-refractivity contribution in [1.29, 1.82) is 0 Å². The zero-order valence-corrected chi connectivity index (χ0v) is 11.3. The van der Waals surface area contributed by atoms with E-state index in [0.29, 0.717) is 6.54 Å². The molecule has 2 amide bonds. The minimum Gasteiger partial charge on any atom is -0.376 e. The number of benzene rings is 2. The molecule has 1 aliphatic heterocycles. The molecule has 2 aromatic carbocycles. The quantitative estimate of drug-likeness (QED) is 0.900. The second-order valence-electron chi connectivity index (χ2n) is 5.00. The average molecular weight is 270 g/mol. The van der Waals surface area contributed by atoms with E-state index in [2.05, 4.69) is 10.6 Å². The van der Waals surface area contributed by atoms with Gasteiger partial charge in [-0.25, -0.2) is 4.79 Å². The van der Waals surface area contributed by atoms with Gasteiger partial charge in [0.2, 0.25) is 0 Å². The summed E-state index contributed by atoms with van der Waals surface area (Å²) in [5, 5.41) is 7.92. The standard InChI is InChI=1S/C16H18N2O2/c19-16(17-11-13-7-4-10-20-13)18-15-9-3-6-12-5-1-2-8-14(12)15/h1-3,5-6,8-9,13H,4,7,10-11H2,(H2,17,18,19)/t13-/m1/s1. The van der Waals surface area contributed by atoms with Gasteiger partial charge in [-0.05, 0) is 24.3 Å². The van der Waals surface area contributed by atoms with Crippen LogP contribution in [0.3, 0.4) is 0 Å². The second kappa shape index (κ2) is 5.92. The van der Waals surface area contributed by atoms with E-state index in [1.54, 1.807) is 0 Å². The summed E-state index contributed by atoms with van der Waals surface area (Å²) in [5.41, 5.74) is 0.827. The number of hydrogen-bond donors (Lipinski definition) is 2. The zero-order valence-electron chi connectivity index (χ0n) is 11.3. The van der Waals surface area contributed by atoms with Crippen LogP contribution in [0.5, 0.6) is 0 Å². The summed E-state index contributed by atoms with van der Waals surface area (Å²) in [4.78, 5) is 11.9. The minimum absolute atomic E-state index is 0.160. The van der Waals surface area contributed by atoms with Crippen LogP contribution in [0.4, 0.5) is 10.5 Å². The van der Waals surface area contributed by atoms with Crippen molar-refractivity contribution in [3.8, 4) is 0 Å². The third-order valence-corrected chi connectivity index (χ3v) is 3.55. The van der Waals surface area contributed by atoms with Crippen LogP contribution in [0.15, 0.2) is 42.5 Å². The molecule has 0 saturated carbocycles. The van der Waals surface area contributed by atoms with Crippen molar-refractivity contribution in [2.75, 3.05) is 18.5 Å². The Kier molecular flexibility index (Phi) is 3.83. The third-order valence-electron chi connectivity index (χ3n) is 3.55. The summed E-state index contributed by atoms with van der Waals surface area (Å²) >= 11 is 0. The molecular formula is C16H18N2O2. The summed E-state index contributed by atoms with van der Waals surface area (Å²) in [6.07, 6.45) is 2.26. The molecule has 0 bridgehead atoms. The number of rotatable bonds is 3. The Morgan fingerprint density at radius 1 is 1.20 bits per heavy atom. The van der Waals surface area contributed by atoms with Gasteiger partial charge in [-0.1, -0.05) is 36.4 Å². The lowest BCUT2D eigenvalue weighted by Crippen LogP contribution is -2.35. The molecule has 0 unspecified atom stereocenters. The highest BCUT2D eigenvalue weighted by Crippen LogP contribution is 2.22. The third kappa shape index (κ3) is 2.91. The van der Waals surface area contributed by atoms with E-state index in [0.717, 1.165) is 35.9 Å². The normalized spacial score (nSPS) is 18.1. The van der Waals surface area contributed by atoms with Gasteiger partial charge < -0.3 is 15.4 Å². The molecule has 0 radical (unpaired) electrons. The molecule has 0 spiro atoms. The first-order valence-electron chi connectivity index (χ1n) is 6.97. The van der Waals surface area contributed by atoms with Crippen LogP contribution in [0.1, 0.15) is 12.8 Å². The van der Waals surface area contributed by atoms with E-state index >= 15 is 0 Å². The van der Waals surface area contributed by atoms with Gasteiger partial charge in [-0.3, -0.25) is 0 Å². The molecule has 20 heavy (non-hydrogen) atoms. The highest BCUT2D eigenvalue weighted by atomic mass is 16.5. The zero-order chi connectivity index (χ0) is 13.8. The SMILES string of the molecule is O=C(NC[C@H]1CCCO1)Nc1cccc2ccccc12. The second-order valence-corrected chi connectivity index (χ2v) is 5.00. The summed E-state index contributed by atoms with van der Waals surface area (Å²) < 4.78 is 5.48. The Labute approximate surface area is 118 Å². The van der Waals surface area contributed by atoms with Crippen molar-refractivity contribution in [3.63, 3.8) is 0 Å². The fourth-order valence-electron chi connectivity index (χ4n) is 2.51. The van der Waals surface area contributed by atoms with Crippen LogP contribution in [0.25, 0.3) is 10.8 Å². The number of fused-ring (bicyclic) bond motifs is 1. The van der Waals surface area contributed by atoms with Gasteiger partial charge in [0.15, 0.2) is 0 Å². The summed E-state index contributed by atoms with van der Waals surface area (Å²) in [6.45, 7) is 1.37. The number of amides is 2. The van der Waals surface area contributed by atoms with E-state index in [4.69, 9.17) is 4.74 Å². The monoisotopic (exact) mass is 270 g/mol. The van der Waals surface area contributed by atoms with Crippen molar-refractivity contribution in [3.05, 3.63) is 42.5 Å². The number of urea groups is 1. The van der Waals surface area contributed by atoms with Gasteiger partial charge in [-0.15, -0.1) is 0 Å². The molecule has 3 rings (SSSR count). The van der Waals surface area contributed by atoms with Crippen molar-refractivity contribution in [2.24, 2.45) is 0 Å². The minimum atomic E-state index is -0.183. The molecular weight excluding hydrogens is 252 g/mol. The van der Waals surface area contributed by atoms with Crippen molar-refractivity contribution in [1.82, 2.24) is 5.32 Å². The smallest absolute Gasteiger partial charge is 0.319 e. The van der Waals surface area contributed by atoms with Gasteiger partial charge in [0.05, 0.1) is 11.8 Å². The van der Waals surface area contributed by atoms with Crippen molar-refractivity contribution < 1.29 is 9.53 Å². The molecule has 0 aliphatic carbocycles. The number of ether oxygens (including phenoxy) is 1. The lowest BCUT2D eigenvalue weighted by atomic mass is 10.1.